The number of fused-ring (bicyclic) bond motifs is 1. The predicted octanol–water partition coefficient (Wildman–Crippen LogP) is 4.74. The number of pyridine rings is 1. The van der Waals surface area contributed by atoms with Crippen LogP contribution in [0, 0.1) is 0 Å². The number of benzene rings is 1. The molecule has 1 aliphatic rings. The molecular formula is C18H15Cl2F2N3O4. The fourth-order valence-corrected chi connectivity index (χ4v) is 3.21. The van der Waals surface area contributed by atoms with E-state index < -0.39 is 24.5 Å². The fourth-order valence-electron chi connectivity index (χ4n) is 2.75. The molecule has 0 spiro atoms. The number of carbonyl (C=O) groups is 2. The first-order valence-corrected chi connectivity index (χ1v) is 9.27. The Hall–Kier alpha value is -2.65. The van der Waals surface area contributed by atoms with Crippen molar-refractivity contribution in [2.24, 2.45) is 0 Å². The maximum absolute atomic E-state index is 12.8. The van der Waals surface area contributed by atoms with E-state index in [2.05, 4.69) is 20.4 Å². The van der Waals surface area contributed by atoms with Gasteiger partial charge in [0, 0.05) is 12.4 Å². The Morgan fingerprint density at radius 2 is 2.03 bits per heavy atom. The van der Waals surface area contributed by atoms with E-state index in [0.29, 0.717) is 12.8 Å². The van der Waals surface area contributed by atoms with Crippen LogP contribution in [0.25, 0.3) is 0 Å². The normalized spacial score (nSPS) is 15.4. The monoisotopic (exact) mass is 445 g/mol. The first-order valence-electron chi connectivity index (χ1n) is 8.51. The van der Waals surface area contributed by atoms with Gasteiger partial charge in [-0.2, -0.15) is 8.78 Å². The maximum atomic E-state index is 12.8. The van der Waals surface area contributed by atoms with Gasteiger partial charge in [-0.1, -0.05) is 36.5 Å². The number of rotatable bonds is 6. The van der Waals surface area contributed by atoms with Gasteiger partial charge in [-0.3, -0.25) is 14.6 Å². The van der Waals surface area contributed by atoms with Crippen molar-refractivity contribution in [1.82, 2.24) is 4.98 Å². The van der Waals surface area contributed by atoms with Crippen LogP contribution >= 0.6 is 23.2 Å². The van der Waals surface area contributed by atoms with Gasteiger partial charge in [0.25, 0.3) is 11.8 Å². The van der Waals surface area contributed by atoms with Crippen molar-refractivity contribution >= 4 is 46.4 Å². The van der Waals surface area contributed by atoms with Gasteiger partial charge in [0.1, 0.15) is 5.69 Å². The van der Waals surface area contributed by atoms with Crippen LogP contribution in [0.15, 0.2) is 24.5 Å². The average Bonchev–Trinajstić information content (AvgIpc) is 2.65. The van der Waals surface area contributed by atoms with Crippen LogP contribution in [0.3, 0.4) is 0 Å². The fraction of sp³-hybridized carbons (Fsp3) is 0.278. The van der Waals surface area contributed by atoms with Crippen LogP contribution in [-0.2, 0) is 4.79 Å². The van der Waals surface area contributed by atoms with Crippen LogP contribution in [-0.4, -0.2) is 29.5 Å². The summed E-state index contributed by atoms with van der Waals surface area (Å²) in [6, 6.07) is 2.38. The molecule has 0 aliphatic carbocycles. The molecule has 1 atom stereocenters. The molecule has 0 radical (unpaired) electrons. The molecule has 0 fully saturated rings. The molecular weight excluding hydrogens is 431 g/mol. The number of ether oxygens (including phenoxy) is 2. The molecule has 1 aliphatic heterocycles. The highest BCUT2D eigenvalue weighted by molar-refractivity contribution is 6.39. The number of hydrogen-bond acceptors (Lipinski definition) is 5. The molecule has 7 nitrogen and oxygen atoms in total. The van der Waals surface area contributed by atoms with E-state index in [-0.39, 0.29) is 38.5 Å². The van der Waals surface area contributed by atoms with E-state index in [1.54, 1.807) is 0 Å². The molecule has 11 heteroatoms. The summed E-state index contributed by atoms with van der Waals surface area (Å²) < 4.78 is 35.6. The number of carbonyl (C=O) groups excluding carboxylic acids is 2. The Bertz CT molecular complexity index is 939. The molecule has 154 valence electrons. The quantitative estimate of drug-likeness (QED) is 0.669. The number of halogens is 4. The standard InChI is InChI=1S/C18H15Cl2F2N3O4/c1-2-3-12-17(27)24-13-8(4-5-11(15(13)28-12)29-18(21)22)16(26)25-14-9(19)6-23-7-10(14)20/h4-7,12,18H,2-3H2,1H3,(H,24,27)(H,23,25,26)/t12-/m1/s1. The van der Waals surface area contributed by atoms with Crippen LogP contribution in [0.1, 0.15) is 30.1 Å². The van der Waals surface area contributed by atoms with Crippen molar-refractivity contribution in [3.8, 4) is 11.5 Å². The lowest BCUT2D eigenvalue weighted by atomic mass is 10.1. The minimum absolute atomic E-state index is 0.0474. The SMILES string of the molecule is CCC[C@H]1Oc2c(OC(F)F)ccc(C(=O)Nc3c(Cl)cncc3Cl)c2NC1=O. The van der Waals surface area contributed by atoms with Crippen LogP contribution in [0.5, 0.6) is 11.5 Å². The number of amides is 2. The van der Waals surface area contributed by atoms with Crippen LogP contribution < -0.4 is 20.1 Å². The summed E-state index contributed by atoms with van der Waals surface area (Å²) in [5, 5.41) is 5.26. The number of alkyl halides is 2. The van der Waals surface area contributed by atoms with Crippen molar-refractivity contribution < 1.29 is 27.8 Å². The van der Waals surface area contributed by atoms with Gasteiger partial charge in [-0.25, -0.2) is 0 Å². The van der Waals surface area contributed by atoms with Crippen LogP contribution in [0.2, 0.25) is 10.0 Å². The first kappa shape index (κ1) is 21.1. The van der Waals surface area contributed by atoms with E-state index in [1.807, 2.05) is 6.92 Å². The van der Waals surface area contributed by atoms with Gasteiger partial charge in [0.2, 0.25) is 0 Å². The molecule has 1 aromatic carbocycles. The minimum atomic E-state index is -3.11. The highest BCUT2D eigenvalue weighted by atomic mass is 35.5. The number of aromatic nitrogens is 1. The van der Waals surface area contributed by atoms with E-state index >= 15 is 0 Å². The number of nitrogens with zero attached hydrogens (tertiary/aromatic N) is 1. The third kappa shape index (κ3) is 4.51. The molecule has 2 N–H and O–H groups in total. The highest BCUT2D eigenvalue weighted by Gasteiger charge is 2.33. The Morgan fingerprint density at radius 3 is 2.66 bits per heavy atom. The molecule has 3 rings (SSSR count). The summed E-state index contributed by atoms with van der Waals surface area (Å²) in [7, 11) is 0. The zero-order valence-electron chi connectivity index (χ0n) is 15.0. The summed E-state index contributed by atoms with van der Waals surface area (Å²) in [5.74, 6) is -1.64. The number of hydrogen-bond donors (Lipinski definition) is 2. The van der Waals surface area contributed by atoms with Gasteiger partial charge >= 0.3 is 6.61 Å². The van der Waals surface area contributed by atoms with Crippen molar-refractivity contribution in [2.75, 3.05) is 10.6 Å². The first-order chi connectivity index (χ1) is 13.8. The van der Waals surface area contributed by atoms with Gasteiger partial charge in [-0.15, -0.1) is 0 Å². The lowest BCUT2D eigenvalue weighted by Crippen LogP contribution is -2.38. The van der Waals surface area contributed by atoms with E-state index in [9.17, 15) is 18.4 Å². The van der Waals surface area contributed by atoms with Crippen molar-refractivity contribution in [3.05, 3.63) is 40.1 Å². The second-order valence-electron chi connectivity index (χ2n) is 6.01. The minimum Gasteiger partial charge on any atom is -0.474 e. The molecule has 0 unspecified atom stereocenters. The molecule has 0 saturated heterocycles. The predicted molar refractivity (Wildman–Crippen MR) is 103 cm³/mol. The van der Waals surface area contributed by atoms with Gasteiger partial charge < -0.3 is 20.1 Å². The molecule has 0 bridgehead atoms. The molecule has 2 heterocycles. The molecule has 0 saturated carbocycles. The van der Waals surface area contributed by atoms with Crippen LogP contribution in [0.4, 0.5) is 20.2 Å². The summed E-state index contributed by atoms with van der Waals surface area (Å²) >= 11 is 12.0. The number of anilines is 2. The average molecular weight is 446 g/mol. The highest BCUT2D eigenvalue weighted by Crippen LogP contribution is 2.43. The van der Waals surface area contributed by atoms with Crippen molar-refractivity contribution in [2.45, 2.75) is 32.5 Å². The topological polar surface area (TPSA) is 89.6 Å². The Morgan fingerprint density at radius 1 is 1.34 bits per heavy atom. The number of nitrogens with one attached hydrogen (secondary N) is 2. The van der Waals surface area contributed by atoms with Gasteiger partial charge in [0.05, 0.1) is 21.3 Å². The largest absolute Gasteiger partial charge is 0.474 e. The summed E-state index contributed by atoms with van der Waals surface area (Å²) in [4.78, 5) is 28.9. The summed E-state index contributed by atoms with van der Waals surface area (Å²) in [5.41, 5.74) is -0.0185. The summed E-state index contributed by atoms with van der Waals surface area (Å²) in [6.45, 7) is -1.27. The van der Waals surface area contributed by atoms with Gasteiger partial charge in [0.15, 0.2) is 17.6 Å². The zero-order valence-corrected chi connectivity index (χ0v) is 16.5. The molecule has 29 heavy (non-hydrogen) atoms. The second-order valence-corrected chi connectivity index (χ2v) is 6.82. The molecule has 1 aromatic heterocycles. The lowest BCUT2D eigenvalue weighted by Gasteiger charge is -2.28. The zero-order chi connectivity index (χ0) is 21.1. The molecule has 2 aromatic rings. The van der Waals surface area contributed by atoms with E-state index in [4.69, 9.17) is 27.9 Å². The van der Waals surface area contributed by atoms with Crippen molar-refractivity contribution in [1.29, 1.82) is 0 Å². The Balaban J connectivity index is 2.01. The van der Waals surface area contributed by atoms with E-state index in [1.165, 1.54) is 18.5 Å². The third-order valence-electron chi connectivity index (χ3n) is 4.03. The smallest absolute Gasteiger partial charge is 0.387 e. The Labute approximate surface area is 174 Å². The second kappa shape index (κ2) is 8.79. The Kier molecular flexibility index (Phi) is 6.39. The van der Waals surface area contributed by atoms with Gasteiger partial charge in [-0.05, 0) is 18.6 Å². The maximum Gasteiger partial charge on any atom is 0.387 e. The lowest BCUT2D eigenvalue weighted by molar-refractivity contribution is -0.124. The third-order valence-corrected chi connectivity index (χ3v) is 4.60. The summed E-state index contributed by atoms with van der Waals surface area (Å²) in [6.07, 6.45) is 2.67. The van der Waals surface area contributed by atoms with Crippen molar-refractivity contribution in [3.63, 3.8) is 0 Å². The van der Waals surface area contributed by atoms with E-state index in [0.717, 1.165) is 6.07 Å². The molecule has 2 amide bonds.